The van der Waals surface area contributed by atoms with Crippen LogP contribution < -0.4 is 4.90 Å². The van der Waals surface area contributed by atoms with Crippen LogP contribution in [0.15, 0.2) is 24.8 Å². The first-order chi connectivity index (χ1) is 12.0. The number of hydrogen-bond donors (Lipinski definition) is 0. The zero-order chi connectivity index (χ0) is 17.8. The average molecular weight is 342 g/mol. The summed E-state index contributed by atoms with van der Waals surface area (Å²) in [4.78, 5) is 29.8. The van der Waals surface area contributed by atoms with E-state index in [2.05, 4.69) is 15.0 Å². The van der Waals surface area contributed by atoms with Gasteiger partial charge in [-0.05, 0) is 26.2 Å². The summed E-state index contributed by atoms with van der Waals surface area (Å²) in [6, 6.07) is 2.08. The Morgan fingerprint density at radius 2 is 2.20 bits per heavy atom. The summed E-state index contributed by atoms with van der Waals surface area (Å²) >= 11 is 0. The van der Waals surface area contributed by atoms with Crippen molar-refractivity contribution in [2.75, 3.05) is 25.5 Å². The van der Waals surface area contributed by atoms with Gasteiger partial charge in [0.25, 0.3) is 0 Å². The van der Waals surface area contributed by atoms with Crippen LogP contribution in [0.1, 0.15) is 43.2 Å². The Kier molecular flexibility index (Phi) is 5.31. The maximum absolute atomic E-state index is 12.7. The number of amides is 1. The first-order valence-corrected chi connectivity index (χ1v) is 8.82. The fraction of sp³-hybridized carbons (Fsp3) is 0.556. The molecule has 2 aromatic rings. The van der Waals surface area contributed by atoms with Crippen LogP contribution in [0, 0.1) is 6.92 Å². The summed E-state index contributed by atoms with van der Waals surface area (Å²) in [6.07, 6.45) is 8.85. The van der Waals surface area contributed by atoms with Gasteiger partial charge in [0.15, 0.2) is 0 Å². The fourth-order valence-electron chi connectivity index (χ4n) is 3.32. The molecule has 3 rings (SSSR count). The van der Waals surface area contributed by atoms with E-state index in [1.807, 2.05) is 47.6 Å². The highest BCUT2D eigenvalue weighted by molar-refractivity contribution is 5.77. The molecular weight excluding hydrogens is 316 g/mol. The second-order valence-electron chi connectivity index (χ2n) is 6.74. The summed E-state index contributed by atoms with van der Waals surface area (Å²) in [5, 5.41) is 0. The molecule has 0 radical (unpaired) electrons. The molecule has 1 atom stereocenters. The van der Waals surface area contributed by atoms with Gasteiger partial charge in [-0.3, -0.25) is 4.79 Å². The van der Waals surface area contributed by atoms with Gasteiger partial charge in [-0.25, -0.2) is 15.0 Å². The number of carbonyl (C=O) groups excluding carboxylic acids is 1. The van der Waals surface area contributed by atoms with Crippen molar-refractivity contribution in [1.29, 1.82) is 0 Å². The van der Waals surface area contributed by atoms with Gasteiger partial charge >= 0.3 is 0 Å². The highest BCUT2D eigenvalue weighted by atomic mass is 16.2. The molecule has 25 heavy (non-hydrogen) atoms. The molecule has 0 saturated carbocycles. The van der Waals surface area contributed by atoms with Crippen LogP contribution in [0.3, 0.4) is 0 Å². The van der Waals surface area contributed by atoms with Crippen molar-refractivity contribution >= 4 is 11.7 Å². The van der Waals surface area contributed by atoms with Crippen LogP contribution in [0.2, 0.25) is 0 Å². The van der Waals surface area contributed by atoms with Crippen molar-refractivity contribution in [3.05, 3.63) is 36.3 Å². The van der Waals surface area contributed by atoms with Crippen LogP contribution in [0.4, 0.5) is 5.82 Å². The van der Waals surface area contributed by atoms with Crippen molar-refractivity contribution in [1.82, 2.24) is 24.4 Å². The first kappa shape index (κ1) is 17.4. The molecule has 1 amide bonds. The van der Waals surface area contributed by atoms with E-state index in [0.29, 0.717) is 6.42 Å². The van der Waals surface area contributed by atoms with Crippen LogP contribution in [0.25, 0.3) is 0 Å². The highest BCUT2D eigenvalue weighted by Crippen LogP contribution is 2.32. The van der Waals surface area contributed by atoms with Gasteiger partial charge in [0, 0.05) is 52.1 Å². The number of hydrogen-bond acceptors (Lipinski definition) is 5. The number of anilines is 1. The van der Waals surface area contributed by atoms with E-state index in [0.717, 1.165) is 49.7 Å². The van der Waals surface area contributed by atoms with Crippen LogP contribution >= 0.6 is 0 Å². The van der Waals surface area contributed by atoms with Gasteiger partial charge in [-0.2, -0.15) is 0 Å². The molecule has 0 bridgehead atoms. The maximum Gasteiger partial charge on any atom is 0.223 e. The number of nitrogens with zero attached hydrogens (tertiary/aromatic N) is 6. The predicted molar refractivity (Wildman–Crippen MR) is 96.2 cm³/mol. The standard InChI is InChI=1S/C18H26N6O/c1-14-20-15(12-17(21-14)22(2)3)16-6-4-10-24(16)18(25)7-5-9-23-11-8-19-13-23/h8,11-13,16H,4-7,9-10H2,1-3H3. The lowest BCUT2D eigenvalue weighted by atomic mass is 10.1. The Balaban J connectivity index is 1.66. The van der Waals surface area contributed by atoms with Gasteiger partial charge in [0.2, 0.25) is 5.91 Å². The molecule has 0 N–H and O–H groups in total. The zero-order valence-electron chi connectivity index (χ0n) is 15.2. The summed E-state index contributed by atoms with van der Waals surface area (Å²) in [7, 11) is 3.94. The molecule has 1 saturated heterocycles. The third-order valence-corrected chi connectivity index (χ3v) is 4.58. The van der Waals surface area contributed by atoms with Gasteiger partial charge in [0.1, 0.15) is 11.6 Å². The lowest BCUT2D eigenvalue weighted by Gasteiger charge is -2.25. The van der Waals surface area contributed by atoms with Crippen molar-refractivity contribution in [3.63, 3.8) is 0 Å². The molecular formula is C18H26N6O. The van der Waals surface area contributed by atoms with E-state index < -0.39 is 0 Å². The Morgan fingerprint density at radius 1 is 1.36 bits per heavy atom. The molecule has 1 unspecified atom stereocenters. The minimum Gasteiger partial charge on any atom is -0.363 e. The smallest absolute Gasteiger partial charge is 0.223 e. The second kappa shape index (κ2) is 7.63. The summed E-state index contributed by atoms with van der Waals surface area (Å²) < 4.78 is 2.01. The molecule has 2 aromatic heterocycles. The molecule has 0 aliphatic carbocycles. The van der Waals surface area contributed by atoms with E-state index in [1.165, 1.54) is 0 Å². The Labute approximate surface area is 148 Å². The number of aromatic nitrogens is 4. The number of rotatable bonds is 6. The fourth-order valence-corrected chi connectivity index (χ4v) is 3.32. The van der Waals surface area contributed by atoms with Gasteiger partial charge in [0.05, 0.1) is 18.1 Å². The molecule has 134 valence electrons. The number of carbonyl (C=O) groups is 1. The van der Waals surface area contributed by atoms with Crippen LogP contribution in [0.5, 0.6) is 0 Å². The third-order valence-electron chi connectivity index (χ3n) is 4.58. The van der Waals surface area contributed by atoms with Crippen LogP contribution in [-0.2, 0) is 11.3 Å². The zero-order valence-corrected chi connectivity index (χ0v) is 15.2. The summed E-state index contributed by atoms with van der Waals surface area (Å²) in [5.74, 6) is 1.85. The monoisotopic (exact) mass is 342 g/mol. The quantitative estimate of drug-likeness (QED) is 0.805. The molecule has 1 aliphatic rings. The predicted octanol–water partition coefficient (Wildman–Crippen LogP) is 2.19. The van der Waals surface area contributed by atoms with E-state index in [4.69, 9.17) is 0 Å². The lowest BCUT2D eigenvalue weighted by molar-refractivity contribution is -0.132. The summed E-state index contributed by atoms with van der Waals surface area (Å²) in [5.41, 5.74) is 0.955. The van der Waals surface area contributed by atoms with Gasteiger partial charge in [-0.1, -0.05) is 0 Å². The van der Waals surface area contributed by atoms with Crippen molar-refractivity contribution in [2.24, 2.45) is 0 Å². The average Bonchev–Trinajstić information content (AvgIpc) is 3.25. The van der Waals surface area contributed by atoms with E-state index in [1.54, 1.807) is 12.5 Å². The second-order valence-corrected chi connectivity index (χ2v) is 6.74. The molecule has 1 aliphatic heterocycles. The number of likely N-dealkylation sites (tertiary alicyclic amines) is 1. The van der Waals surface area contributed by atoms with E-state index in [9.17, 15) is 4.79 Å². The topological polar surface area (TPSA) is 67.2 Å². The van der Waals surface area contributed by atoms with Crippen molar-refractivity contribution < 1.29 is 4.79 Å². The maximum atomic E-state index is 12.7. The molecule has 1 fully saturated rings. The van der Waals surface area contributed by atoms with Crippen molar-refractivity contribution in [2.45, 2.75) is 45.2 Å². The molecule has 0 spiro atoms. The van der Waals surface area contributed by atoms with Crippen molar-refractivity contribution in [3.8, 4) is 0 Å². The van der Waals surface area contributed by atoms with Crippen LogP contribution in [-0.4, -0.2) is 51.0 Å². The highest BCUT2D eigenvalue weighted by Gasteiger charge is 2.31. The Hall–Kier alpha value is -2.44. The first-order valence-electron chi connectivity index (χ1n) is 8.82. The van der Waals surface area contributed by atoms with Gasteiger partial charge in [-0.15, -0.1) is 0 Å². The third kappa shape index (κ3) is 4.15. The molecule has 7 heteroatoms. The Morgan fingerprint density at radius 3 is 2.92 bits per heavy atom. The minimum absolute atomic E-state index is 0.0705. The Bertz CT molecular complexity index is 712. The molecule has 0 aromatic carbocycles. The van der Waals surface area contributed by atoms with E-state index >= 15 is 0 Å². The number of aryl methyl sites for hydroxylation is 2. The van der Waals surface area contributed by atoms with E-state index in [-0.39, 0.29) is 11.9 Å². The SMILES string of the molecule is Cc1nc(C2CCCN2C(=O)CCCn2ccnc2)cc(N(C)C)n1. The summed E-state index contributed by atoms with van der Waals surface area (Å²) in [6.45, 7) is 3.54. The molecule has 3 heterocycles. The largest absolute Gasteiger partial charge is 0.363 e. The normalized spacial score (nSPS) is 17.1. The number of imidazole rings is 1. The molecule has 7 nitrogen and oxygen atoms in total. The van der Waals surface area contributed by atoms with Gasteiger partial charge < -0.3 is 14.4 Å². The lowest BCUT2D eigenvalue weighted by Crippen LogP contribution is -2.31. The minimum atomic E-state index is 0.0705.